The third-order valence-corrected chi connectivity index (χ3v) is 3.87. The van der Waals surface area contributed by atoms with E-state index in [1.807, 2.05) is 19.1 Å². The Hall–Kier alpha value is -2.28. The molecule has 2 N–H and O–H groups in total. The molecule has 0 saturated carbocycles. The van der Waals surface area contributed by atoms with Crippen molar-refractivity contribution in [2.45, 2.75) is 26.2 Å². The Morgan fingerprint density at radius 2 is 1.95 bits per heavy atom. The second-order valence-electron chi connectivity index (χ2n) is 4.80. The maximum atomic E-state index is 12.2. The van der Waals surface area contributed by atoms with Crippen molar-refractivity contribution in [1.29, 1.82) is 0 Å². The molecule has 0 aliphatic rings. The summed E-state index contributed by atoms with van der Waals surface area (Å²) >= 11 is 1.11. The van der Waals surface area contributed by atoms with Crippen LogP contribution in [0.1, 0.15) is 34.3 Å². The molecule has 0 unspecified atom stereocenters. The zero-order valence-corrected chi connectivity index (χ0v) is 13.4. The topological polar surface area (TPSA) is 84.0 Å². The molecular formula is C15H18N4O2S. The molecule has 6 nitrogen and oxygen atoms in total. The highest BCUT2D eigenvalue weighted by Crippen LogP contribution is 2.16. The van der Waals surface area contributed by atoms with Gasteiger partial charge >= 0.3 is 0 Å². The summed E-state index contributed by atoms with van der Waals surface area (Å²) < 4.78 is 3.85. The van der Waals surface area contributed by atoms with E-state index in [4.69, 9.17) is 0 Å². The molecule has 1 aromatic carbocycles. The second-order valence-corrected chi connectivity index (χ2v) is 5.55. The number of benzene rings is 1. The van der Waals surface area contributed by atoms with E-state index in [9.17, 15) is 9.59 Å². The summed E-state index contributed by atoms with van der Waals surface area (Å²) in [5.41, 5.74) is 2.31. The van der Waals surface area contributed by atoms with Crippen molar-refractivity contribution >= 4 is 29.0 Å². The SMILES string of the molecule is CCCc1nnsc1C(=O)Nc1ccc(CC(=O)NC)cc1. The van der Waals surface area contributed by atoms with E-state index >= 15 is 0 Å². The van der Waals surface area contributed by atoms with Gasteiger partial charge in [0.05, 0.1) is 12.1 Å². The first-order valence-electron chi connectivity index (χ1n) is 7.06. The standard InChI is InChI=1S/C15H18N4O2S/c1-3-4-12-14(22-19-18-12)15(21)17-11-7-5-10(6-8-11)9-13(20)16-2/h5-8H,3-4,9H2,1-2H3,(H,16,20)(H,17,21). The third-order valence-electron chi connectivity index (χ3n) is 3.10. The van der Waals surface area contributed by atoms with E-state index in [0.29, 0.717) is 17.0 Å². The van der Waals surface area contributed by atoms with Crippen LogP contribution in [0.3, 0.4) is 0 Å². The molecule has 0 atom stereocenters. The molecule has 0 bridgehead atoms. The normalized spacial score (nSPS) is 10.3. The lowest BCUT2D eigenvalue weighted by Crippen LogP contribution is -2.19. The number of aromatic nitrogens is 2. The molecule has 1 aromatic heterocycles. The molecule has 22 heavy (non-hydrogen) atoms. The van der Waals surface area contributed by atoms with Gasteiger partial charge in [-0.3, -0.25) is 9.59 Å². The van der Waals surface area contributed by atoms with Crippen molar-refractivity contribution in [3.05, 3.63) is 40.4 Å². The Morgan fingerprint density at radius 1 is 1.23 bits per heavy atom. The first-order chi connectivity index (χ1) is 10.6. The van der Waals surface area contributed by atoms with E-state index in [1.165, 1.54) is 0 Å². The van der Waals surface area contributed by atoms with Gasteiger partial charge in [0.1, 0.15) is 4.88 Å². The number of nitrogens with zero attached hydrogens (tertiary/aromatic N) is 2. The van der Waals surface area contributed by atoms with Gasteiger partial charge in [-0.15, -0.1) is 5.10 Å². The quantitative estimate of drug-likeness (QED) is 0.853. The first-order valence-corrected chi connectivity index (χ1v) is 7.83. The van der Waals surface area contributed by atoms with Crippen molar-refractivity contribution in [3.63, 3.8) is 0 Å². The van der Waals surface area contributed by atoms with E-state index < -0.39 is 0 Å². The highest BCUT2D eigenvalue weighted by molar-refractivity contribution is 7.08. The maximum Gasteiger partial charge on any atom is 0.269 e. The molecule has 0 aliphatic heterocycles. The molecule has 1 heterocycles. The first kappa shape index (κ1) is 16.1. The number of likely N-dealkylation sites (N-methyl/N-ethyl adjacent to an activating group) is 1. The minimum Gasteiger partial charge on any atom is -0.359 e. The largest absolute Gasteiger partial charge is 0.359 e. The number of hydrogen-bond acceptors (Lipinski definition) is 5. The van der Waals surface area contributed by atoms with Crippen molar-refractivity contribution in [2.24, 2.45) is 0 Å². The van der Waals surface area contributed by atoms with Crippen molar-refractivity contribution in [3.8, 4) is 0 Å². The number of aryl methyl sites for hydroxylation is 1. The zero-order valence-electron chi connectivity index (χ0n) is 12.5. The monoisotopic (exact) mass is 318 g/mol. The predicted octanol–water partition coefficient (Wildman–Crippen LogP) is 2.03. The van der Waals surface area contributed by atoms with E-state index in [2.05, 4.69) is 20.2 Å². The highest BCUT2D eigenvalue weighted by Gasteiger charge is 2.15. The number of nitrogens with one attached hydrogen (secondary N) is 2. The van der Waals surface area contributed by atoms with Crippen molar-refractivity contribution < 1.29 is 9.59 Å². The molecule has 7 heteroatoms. The Balaban J connectivity index is 2.02. The van der Waals surface area contributed by atoms with Gasteiger partial charge in [-0.25, -0.2) is 0 Å². The minimum atomic E-state index is -0.197. The molecule has 0 radical (unpaired) electrons. The smallest absolute Gasteiger partial charge is 0.269 e. The van der Waals surface area contributed by atoms with Gasteiger partial charge in [-0.1, -0.05) is 30.0 Å². The summed E-state index contributed by atoms with van der Waals surface area (Å²) in [5.74, 6) is -0.241. The lowest BCUT2D eigenvalue weighted by Gasteiger charge is -2.06. The van der Waals surface area contributed by atoms with Gasteiger partial charge in [-0.05, 0) is 35.6 Å². The lowest BCUT2D eigenvalue weighted by molar-refractivity contribution is -0.119. The molecule has 116 valence electrons. The van der Waals surface area contributed by atoms with Crippen LogP contribution in [0.15, 0.2) is 24.3 Å². The third kappa shape index (κ3) is 4.11. The molecule has 2 aromatic rings. The van der Waals surface area contributed by atoms with E-state index in [1.54, 1.807) is 19.2 Å². The molecule has 2 rings (SSSR count). The summed E-state index contributed by atoms with van der Waals surface area (Å²) in [6, 6.07) is 7.21. The van der Waals surface area contributed by atoms with Crippen LogP contribution in [0.5, 0.6) is 0 Å². The molecule has 0 saturated heterocycles. The van der Waals surface area contributed by atoms with Gasteiger partial charge in [0.15, 0.2) is 0 Å². The summed E-state index contributed by atoms with van der Waals surface area (Å²) in [5, 5.41) is 9.39. The number of amides is 2. The number of rotatable bonds is 6. The van der Waals surface area contributed by atoms with Gasteiger partial charge in [0.2, 0.25) is 5.91 Å². The van der Waals surface area contributed by atoms with Crippen LogP contribution in [0.25, 0.3) is 0 Å². The Kier molecular flexibility index (Phi) is 5.60. The Labute approximate surface area is 133 Å². The maximum absolute atomic E-state index is 12.2. The zero-order chi connectivity index (χ0) is 15.9. The van der Waals surface area contributed by atoms with Crippen molar-refractivity contribution in [1.82, 2.24) is 14.9 Å². The molecule has 0 spiro atoms. The summed E-state index contributed by atoms with van der Waals surface area (Å²) in [6.45, 7) is 2.03. The molecule has 0 fully saturated rings. The molecule has 2 amide bonds. The summed E-state index contributed by atoms with van der Waals surface area (Å²) in [6.07, 6.45) is 1.98. The number of anilines is 1. The number of hydrogen-bond donors (Lipinski definition) is 2. The van der Waals surface area contributed by atoms with E-state index in [0.717, 1.165) is 35.6 Å². The van der Waals surface area contributed by atoms with Gasteiger partial charge in [0, 0.05) is 12.7 Å². The lowest BCUT2D eigenvalue weighted by atomic mass is 10.1. The van der Waals surface area contributed by atoms with E-state index in [-0.39, 0.29) is 11.8 Å². The van der Waals surface area contributed by atoms with Crippen LogP contribution in [0, 0.1) is 0 Å². The fourth-order valence-corrected chi connectivity index (χ4v) is 2.55. The average Bonchev–Trinajstić information content (AvgIpc) is 2.98. The van der Waals surface area contributed by atoms with Gasteiger partial charge < -0.3 is 10.6 Å². The van der Waals surface area contributed by atoms with Crippen LogP contribution < -0.4 is 10.6 Å². The summed E-state index contributed by atoms with van der Waals surface area (Å²) in [7, 11) is 1.61. The average molecular weight is 318 g/mol. The van der Waals surface area contributed by atoms with Gasteiger partial charge in [-0.2, -0.15) is 0 Å². The fourth-order valence-electron chi connectivity index (χ4n) is 1.95. The number of carbonyl (C=O) groups is 2. The van der Waals surface area contributed by atoms with Crippen LogP contribution in [0.2, 0.25) is 0 Å². The molecular weight excluding hydrogens is 300 g/mol. The van der Waals surface area contributed by atoms with Crippen LogP contribution >= 0.6 is 11.5 Å². The Bertz CT molecular complexity index is 652. The van der Waals surface area contributed by atoms with Crippen LogP contribution in [-0.4, -0.2) is 28.4 Å². The van der Waals surface area contributed by atoms with Crippen molar-refractivity contribution in [2.75, 3.05) is 12.4 Å². The second kappa shape index (κ2) is 7.65. The summed E-state index contributed by atoms with van der Waals surface area (Å²) in [4.78, 5) is 24.1. The number of carbonyl (C=O) groups excluding carboxylic acids is 2. The minimum absolute atomic E-state index is 0.0447. The highest BCUT2D eigenvalue weighted by atomic mass is 32.1. The Morgan fingerprint density at radius 3 is 2.59 bits per heavy atom. The molecule has 0 aliphatic carbocycles. The van der Waals surface area contributed by atoms with Crippen LogP contribution in [-0.2, 0) is 17.6 Å². The fraction of sp³-hybridized carbons (Fsp3) is 0.333. The van der Waals surface area contributed by atoms with Crippen LogP contribution in [0.4, 0.5) is 5.69 Å². The predicted molar refractivity (Wildman–Crippen MR) is 86.1 cm³/mol. The van der Waals surface area contributed by atoms with Gasteiger partial charge in [0.25, 0.3) is 5.91 Å².